The molecule has 2 fully saturated rings. The van der Waals surface area contributed by atoms with Gasteiger partial charge in [0.2, 0.25) is 0 Å². The summed E-state index contributed by atoms with van der Waals surface area (Å²) in [7, 11) is 0. The molecule has 2 heterocycles. The number of aliphatic carboxylic acids is 1. The third-order valence-corrected chi connectivity index (χ3v) is 8.72. The van der Waals surface area contributed by atoms with Gasteiger partial charge in [-0.2, -0.15) is 0 Å². The molecule has 1 N–H and O–H groups in total. The van der Waals surface area contributed by atoms with Crippen LogP contribution in [0.3, 0.4) is 0 Å². The molecule has 1 spiro atoms. The van der Waals surface area contributed by atoms with E-state index in [0.717, 1.165) is 12.0 Å². The van der Waals surface area contributed by atoms with Gasteiger partial charge in [0.25, 0.3) is 0 Å². The molecule has 2 aromatic carbocycles. The summed E-state index contributed by atoms with van der Waals surface area (Å²) in [6.07, 6.45) is 3.51. The molecule has 1 aromatic heterocycles. The number of hydrogen-bond donors (Lipinski definition) is 1. The van der Waals surface area contributed by atoms with Crippen LogP contribution < -0.4 is 0 Å². The summed E-state index contributed by atoms with van der Waals surface area (Å²) in [5, 5.41) is 9.27. The fourth-order valence-corrected chi connectivity index (χ4v) is 7.07. The Hall–Kier alpha value is -3.23. The topological polar surface area (TPSA) is 89.0 Å². The van der Waals surface area contributed by atoms with Crippen molar-refractivity contribution in [3.63, 3.8) is 0 Å². The zero-order valence-electron chi connectivity index (χ0n) is 20.2. The van der Waals surface area contributed by atoms with E-state index in [9.17, 15) is 14.7 Å². The number of carboxylic acid groups (broad SMARTS) is 1. The SMILES string of the molecule is O=C(O)COC1(c2cccnc2Br)CCC2(CN(C(=O)OCC3c4ccccc4-c4ccccc43)C2)C1. The summed E-state index contributed by atoms with van der Waals surface area (Å²) >= 11 is 3.51. The number of halogens is 1. The average Bonchev–Trinajstić information content (AvgIpc) is 3.43. The van der Waals surface area contributed by atoms with Gasteiger partial charge in [-0.25, -0.2) is 14.6 Å². The number of hydrogen-bond acceptors (Lipinski definition) is 5. The molecule has 6 rings (SSSR count). The van der Waals surface area contributed by atoms with Crippen molar-refractivity contribution in [1.29, 1.82) is 0 Å². The molecule has 1 saturated heterocycles. The van der Waals surface area contributed by atoms with Gasteiger partial charge in [-0.05, 0) is 63.5 Å². The molecule has 1 aliphatic heterocycles. The van der Waals surface area contributed by atoms with Crippen molar-refractivity contribution in [2.75, 3.05) is 26.3 Å². The molecule has 1 amide bonds. The van der Waals surface area contributed by atoms with Crippen LogP contribution in [0.1, 0.15) is 41.9 Å². The first-order valence-corrected chi connectivity index (χ1v) is 13.3. The maximum absolute atomic E-state index is 13.0. The van der Waals surface area contributed by atoms with Crippen LogP contribution in [0.25, 0.3) is 11.1 Å². The van der Waals surface area contributed by atoms with Crippen molar-refractivity contribution in [3.8, 4) is 11.1 Å². The van der Waals surface area contributed by atoms with Crippen LogP contribution in [0.2, 0.25) is 0 Å². The Morgan fingerprint density at radius 2 is 1.68 bits per heavy atom. The van der Waals surface area contributed by atoms with Gasteiger partial charge in [0.15, 0.2) is 0 Å². The Morgan fingerprint density at radius 3 is 2.32 bits per heavy atom. The van der Waals surface area contributed by atoms with Crippen molar-refractivity contribution in [2.45, 2.75) is 30.8 Å². The summed E-state index contributed by atoms with van der Waals surface area (Å²) in [6.45, 7) is 1.05. The zero-order chi connectivity index (χ0) is 25.6. The van der Waals surface area contributed by atoms with Crippen LogP contribution in [0.4, 0.5) is 4.79 Å². The highest BCUT2D eigenvalue weighted by Crippen LogP contribution is 2.56. The molecule has 1 saturated carbocycles. The van der Waals surface area contributed by atoms with Gasteiger partial charge in [-0.1, -0.05) is 54.6 Å². The minimum absolute atomic E-state index is 0.0260. The Balaban J connectivity index is 1.12. The lowest BCUT2D eigenvalue weighted by atomic mass is 9.76. The van der Waals surface area contributed by atoms with Crippen molar-refractivity contribution in [3.05, 3.63) is 88.2 Å². The van der Waals surface area contributed by atoms with Crippen LogP contribution in [-0.2, 0) is 19.9 Å². The lowest BCUT2D eigenvalue weighted by Gasteiger charge is -2.48. The van der Waals surface area contributed by atoms with Gasteiger partial charge in [0.05, 0.1) is 5.60 Å². The molecule has 7 nitrogen and oxygen atoms in total. The number of aromatic nitrogens is 1. The number of rotatable bonds is 6. The number of fused-ring (bicyclic) bond motifs is 3. The van der Waals surface area contributed by atoms with Gasteiger partial charge >= 0.3 is 12.1 Å². The van der Waals surface area contributed by atoms with Gasteiger partial charge in [0, 0.05) is 36.2 Å². The van der Waals surface area contributed by atoms with Gasteiger partial charge in [0.1, 0.15) is 17.8 Å². The van der Waals surface area contributed by atoms with E-state index in [1.165, 1.54) is 22.3 Å². The lowest BCUT2D eigenvalue weighted by molar-refractivity contribution is -0.152. The molecule has 3 aromatic rings. The van der Waals surface area contributed by atoms with E-state index in [2.05, 4.69) is 45.2 Å². The number of carbonyl (C=O) groups is 2. The first-order valence-electron chi connectivity index (χ1n) is 12.5. The first-order chi connectivity index (χ1) is 17.9. The molecule has 1 atom stereocenters. The Bertz CT molecular complexity index is 1330. The number of pyridine rings is 1. The maximum Gasteiger partial charge on any atom is 0.409 e. The third kappa shape index (κ3) is 4.22. The quantitative estimate of drug-likeness (QED) is 0.395. The molecule has 1 unspecified atom stereocenters. The number of amides is 1. The van der Waals surface area contributed by atoms with Crippen molar-refractivity contribution in [2.24, 2.45) is 5.41 Å². The first kappa shape index (κ1) is 24.1. The van der Waals surface area contributed by atoms with E-state index in [1.54, 1.807) is 11.1 Å². The van der Waals surface area contributed by atoms with Crippen LogP contribution >= 0.6 is 15.9 Å². The van der Waals surface area contributed by atoms with E-state index in [0.29, 0.717) is 37.1 Å². The zero-order valence-corrected chi connectivity index (χ0v) is 21.8. The predicted molar refractivity (Wildman–Crippen MR) is 140 cm³/mol. The number of ether oxygens (including phenoxy) is 2. The molecular weight excluding hydrogens is 536 g/mol. The largest absolute Gasteiger partial charge is 0.480 e. The van der Waals surface area contributed by atoms with E-state index in [-0.39, 0.29) is 24.0 Å². The fraction of sp³-hybridized carbons (Fsp3) is 0.345. The Morgan fingerprint density at radius 1 is 1.00 bits per heavy atom. The van der Waals surface area contributed by atoms with Crippen LogP contribution in [0.15, 0.2) is 71.5 Å². The van der Waals surface area contributed by atoms with Gasteiger partial charge in [-0.15, -0.1) is 0 Å². The van der Waals surface area contributed by atoms with E-state index < -0.39 is 11.6 Å². The van der Waals surface area contributed by atoms with Gasteiger partial charge in [-0.3, -0.25) is 0 Å². The number of nitrogens with zero attached hydrogens (tertiary/aromatic N) is 2. The molecule has 2 aliphatic carbocycles. The Labute approximate surface area is 223 Å². The maximum atomic E-state index is 13.0. The summed E-state index contributed by atoms with van der Waals surface area (Å²) in [5.74, 6) is -0.979. The smallest absolute Gasteiger partial charge is 0.409 e. The number of carboxylic acids is 1. The van der Waals surface area contributed by atoms with E-state index >= 15 is 0 Å². The Kier molecular flexibility index (Phi) is 6.04. The molecular formula is C29H27BrN2O5. The minimum atomic E-state index is -1.01. The minimum Gasteiger partial charge on any atom is -0.480 e. The number of carbonyl (C=O) groups excluding carboxylic acids is 1. The number of likely N-dealkylation sites (tertiary alicyclic amines) is 1. The average molecular weight is 563 g/mol. The molecule has 3 aliphatic rings. The van der Waals surface area contributed by atoms with Crippen LogP contribution in [0.5, 0.6) is 0 Å². The number of benzene rings is 2. The summed E-state index contributed by atoms with van der Waals surface area (Å²) < 4.78 is 12.5. The summed E-state index contributed by atoms with van der Waals surface area (Å²) in [6, 6.07) is 20.3. The second-order valence-electron chi connectivity index (χ2n) is 10.4. The van der Waals surface area contributed by atoms with Crippen molar-refractivity contribution < 1.29 is 24.2 Å². The van der Waals surface area contributed by atoms with E-state index in [1.807, 2.05) is 36.4 Å². The molecule has 0 radical (unpaired) electrons. The molecule has 37 heavy (non-hydrogen) atoms. The van der Waals surface area contributed by atoms with Crippen molar-refractivity contribution >= 4 is 28.0 Å². The predicted octanol–water partition coefficient (Wildman–Crippen LogP) is 5.58. The summed E-state index contributed by atoms with van der Waals surface area (Å²) in [4.78, 5) is 30.4. The highest BCUT2D eigenvalue weighted by atomic mass is 79.9. The summed E-state index contributed by atoms with van der Waals surface area (Å²) in [5.41, 5.74) is 4.76. The molecule has 190 valence electrons. The lowest BCUT2D eigenvalue weighted by Crippen LogP contribution is -2.58. The molecule has 0 bridgehead atoms. The van der Waals surface area contributed by atoms with Gasteiger partial charge < -0.3 is 19.5 Å². The highest BCUT2D eigenvalue weighted by molar-refractivity contribution is 9.10. The standard InChI is InChI=1S/C29H27BrN2O5/c30-26-24(10-5-13-31-26)29(37-15-25(33)34)12-11-28(16-29)17-32(18-28)27(35)36-14-23-21-8-3-1-6-19(21)20-7-2-4-9-22(20)23/h1-10,13,23H,11-12,14-18H2,(H,33,34). The van der Waals surface area contributed by atoms with Crippen LogP contribution in [0, 0.1) is 5.41 Å². The highest BCUT2D eigenvalue weighted by Gasteiger charge is 2.57. The monoisotopic (exact) mass is 562 g/mol. The van der Waals surface area contributed by atoms with E-state index in [4.69, 9.17) is 9.47 Å². The fourth-order valence-electron chi connectivity index (χ4n) is 6.45. The second kappa shape index (κ2) is 9.26. The van der Waals surface area contributed by atoms with Crippen LogP contribution in [-0.4, -0.2) is 53.4 Å². The molecule has 8 heteroatoms. The second-order valence-corrected chi connectivity index (χ2v) is 11.1. The normalized spacial score (nSPS) is 21.4. The third-order valence-electron chi connectivity index (χ3n) is 8.09. The van der Waals surface area contributed by atoms with Crippen molar-refractivity contribution in [1.82, 2.24) is 9.88 Å².